The van der Waals surface area contributed by atoms with Crippen molar-refractivity contribution < 1.29 is 18.2 Å². The van der Waals surface area contributed by atoms with E-state index in [0.717, 1.165) is 0 Å². The lowest BCUT2D eigenvalue weighted by atomic mass is 10.7. The molecule has 0 radical (unpaired) electrons. The summed E-state index contributed by atoms with van der Waals surface area (Å²) in [5.41, 5.74) is 0. The minimum absolute atomic E-state index is 0.0275. The van der Waals surface area contributed by atoms with Gasteiger partial charge in [-0.2, -0.15) is 0 Å². The number of rotatable bonds is 6. The molecular formula is C5H12O4P2. The zero-order chi connectivity index (χ0) is 8.69. The normalized spacial score (nSPS) is 15.7. The molecular weight excluding hydrogens is 186 g/mol. The molecule has 2 atom stereocenters. The second kappa shape index (κ2) is 6.81. The summed E-state index contributed by atoms with van der Waals surface area (Å²) in [7, 11) is -2.99. The molecule has 0 fully saturated rings. The van der Waals surface area contributed by atoms with Gasteiger partial charge >= 0.3 is 0 Å². The van der Waals surface area contributed by atoms with Gasteiger partial charge in [-0.25, -0.2) is 0 Å². The zero-order valence-corrected chi connectivity index (χ0v) is 8.33. The lowest BCUT2D eigenvalue weighted by molar-refractivity contribution is 0.371. The van der Waals surface area contributed by atoms with Crippen molar-refractivity contribution in [2.24, 2.45) is 0 Å². The largest absolute Gasteiger partial charge is 0.333 e. The zero-order valence-electron chi connectivity index (χ0n) is 6.33. The lowest BCUT2D eigenvalue weighted by Gasteiger charge is -1.99. The molecule has 0 bridgehead atoms. The van der Waals surface area contributed by atoms with Crippen molar-refractivity contribution in [3.63, 3.8) is 0 Å². The van der Waals surface area contributed by atoms with E-state index < -0.39 is 16.1 Å². The summed E-state index contributed by atoms with van der Waals surface area (Å²) in [6.07, 6.45) is 1.49. The van der Waals surface area contributed by atoms with Gasteiger partial charge in [-0.3, -0.25) is 9.13 Å². The maximum atomic E-state index is 10.8. The molecule has 0 saturated carbocycles. The molecule has 6 heteroatoms. The Balaban J connectivity index is 3.51. The highest BCUT2D eigenvalue weighted by Crippen LogP contribution is 2.36. The molecule has 4 nitrogen and oxygen atoms in total. The van der Waals surface area contributed by atoms with E-state index in [1.54, 1.807) is 0 Å². The maximum absolute atomic E-state index is 10.8. The highest BCUT2D eigenvalue weighted by molar-refractivity contribution is 7.57. The first-order valence-corrected chi connectivity index (χ1v) is 6.08. The van der Waals surface area contributed by atoms with Crippen LogP contribution in [0.3, 0.4) is 0 Å². The molecule has 0 aliphatic carbocycles. The predicted molar refractivity (Wildman–Crippen MR) is 46.0 cm³/mol. The van der Waals surface area contributed by atoms with Gasteiger partial charge < -0.3 is 9.05 Å². The molecule has 0 amide bonds. The van der Waals surface area contributed by atoms with Crippen molar-refractivity contribution in [2.45, 2.75) is 0 Å². The monoisotopic (exact) mass is 198 g/mol. The third-order valence-electron chi connectivity index (χ3n) is 0.879. The van der Waals surface area contributed by atoms with Crippen molar-refractivity contribution in [3.8, 4) is 0 Å². The van der Waals surface area contributed by atoms with E-state index in [1.165, 1.54) is 13.2 Å². The molecule has 66 valence electrons. The molecule has 0 aromatic carbocycles. The topological polar surface area (TPSA) is 52.6 Å². The fraction of sp³-hybridized carbons (Fsp3) is 0.600. The van der Waals surface area contributed by atoms with Crippen LogP contribution in [-0.4, -0.2) is 19.6 Å². The van der Waals surface area contributed by atoms with Crippen molar-refractivity contribution in [1.29, 1.82) is 0 Å². The fourth-order valence-electron chi connectivity index (χ4n) is 0.393. The quantitative estimate of drug-likeness (QED) is 0.481. The first-order valence-electron chi connectivity index (χ1n) is 3.04. The van der Waals surface area contributed by atoms with E-state index >= 15 is 0 Å². The molecule has 0 spiro atoms. The Labute approximate surface area is 67.3 Å². The second-order valence-electron chi connectivity index (χ2n) is 1.72. The summed E-state index contributed by atoms with van der Waals surface area (Å²) in [5.74, 6) is 0.0275. The van der Waals surface area contributed by atoms with Crippen molar-refractivity contribution in [2.75, 3.05) is 19.6 Å². The summed E-state index contributed by atoms with van der Waals surface area (Å²) >= 11 is 0. The Hall–Kier alpha value is 0.120. The van der Waals surface area contributed by atoms with Crippen molar-refractivity contribution >= 4 is 16.1 Å². The third kappa shape index (κ3) is 6.52. The lowest BCUT2D eigenvalue weighted by Crippen LogP contribution is -1.81. The molecule has 0 aromatic heterocycles. The molecule has 11 heavy (non-hydrogen) atoms. The summed E-state index contributed by atoms with van der Waals surface area (Å²) in [5, 5.41) is 0. The van der Waals surface area contributed by atoms with Gasteiger partial charge in [0.05, 0.1) is 12.5 Å². The van der Waals surface area contributed by atoms with E-state index in [2.05, 4.69) is 11.1 Å². The predicted octanol–water partition coefficient (Wildman–Crippen LogP) is 1.74. The molecule has 0 heterocycles. The van der Waals surface area contributed by atoms with E-state index in [9.17, 15) is 9.13 Å². The molecule has 2 unspecified atom stereocenters. The SMILES string of the molecule is C=CCO[PH](=O)C[PH](=O)OC. The smallest absolute Gasteiger partial charge is 0.201 e. The summed E-state index contributed by atoms with van der Waals surface area (Å²) in [6.45, 7) is 3.62. The van der Waals surface area contributed by atoms with Crippen LogP contribution in [0.4, 0.5) is 0 Å². The number of hydrogen-bond acceptors (Lipinski definition) is 4. The van der Waals surface area contributed by atoms with Crippen molar-refractivity contribution in [3.05, 3.63) is 12.7 Å². The van der Waals surface area contributed by atoms with Crippen LogP contribution in [0.2, 0.25) is 0 Å². The first-order chi connectivity index (χ1) is 5.20. The average Bonchev–Trinajstić information content (AvgIpc) is 2.00. The Kier molecular flexibility index (Phi) is 6.88. The van der Waals surface area contributed by atoms with Crippen LogP contribution in [0.5, 0.6) is 0 Å². The standard InChI is InChI=1S/C5H12O4P2/c1-3-4-9-11(7)5-10(6)8-2/h3,10-11H,1,4-5H2,2H3. The second-order valence-corrected chi connectivity index (χ2v) is 5.32. The van der Waals surface area contributed by atoms with Crippen molar-refractivity contribution in [1.82, 2.24) is 0 Å². The van der Waals surface area contributed by atoms with Gasteiger partial charge in [0.2, 0.25) is 16.1 Å². The minimum atomic E-state index is -2.18. The molecule has 0 N–H and O–H groups in total. The van der Waals surface area contributed by atoms with Gasteiger partial charge in [-0.1, -0.05) is 6.08 Å². The van der Waals surface area contributed by atoms with Crippen LogP contribution in [0, 0.1) is 0 Å². The van der Waals surface area contributed by atoms with E-state index in [4.69, 9.17) is 4.52 Å². The Morgan fingerprint density at radius 3 is 2.55 bits per heavy atom. The number of hydrogen-bond donors (Lipinski definition) is 0. The minimum Gasteiger partial charge on any atom is -0.333 e. The van der Waals surface area contributed by atoms with Gasteiger partial charge in [-0.15, -0.1) is 6.58 Å². The average molecular weight is 198 g/mol. The molecule has 0 saturated heterocycles. The van der Waals surface area contributed by atoms with E-state index in [0.29, 0.717) is 0 Å². The van der Waals surface area contributed by atoms with Gasteiger partial charge in [0.25, 0.3) is 0 Å². The van der Waals surface area contributed by atoms with Crippen LogP contribution in [0.25, 0.3) is 0 Å². The highest BCUT2D eigenvalue weighted by Gasteiger charge is 2.03. The Morgan fingerprint density at radius 2 is 2.09 bits per heavy atom. The Morgan fingerprint density at radius 1 is 1.45 bits per heavy atom. The summed E-state index contributed by atoms with van der Waals surface area (Å²) in [6, 6.07) is 0. The van der Waals surface area contributed by atoms with Gasteiger partial charge in [0.1, 0.15) is 0 Å². The van der Waals surface area contributed by atoms with Gasteiger partial charge in [0.15, 0.2) is 0 Å². The first kappa shape index (κ1) is 11.1. The fourth-order valence-corrected chi connectivity index (χ4v) is 2.63. The third-order valence-corrected chi connectivity index (χ3v) is 4.13. The van der Waals surface area contributed by atoms with Gasteiger partial charge in [0, 0.05) is 7.11 Å². The van der Waals surface area contributed by atoms with Crippen LogP contribution >= 0.6 is 16.1 Å². The van der Waals surface area contributed by atoms with Crippen LogP contribution < -0.4 is 0 Å². The summed E-state index contributed by atoms with van der Waals surface area (Å²) < 4.78 is 30.7. The highest BCUT2D eigenvalue weighted by atomic mass is 31.2. The summed E-state index contributed by atoms with van der Waals surface area (Å²) in [4.78, 5) is 0. The van der Waals surface area contributed by atoms with E-state index in [-0.39, 0.29) is 12.5 Å². The maximum Gasteiger partial charge on any atom is 0.201 e. The van der Waals surface area contributed by atoms with Gasteiger partial charge in [-0.05, 0) is 0 Å². The van der Waals surface area contributed by atoms with Crippen LogP contribution in [0.15, 0.2) is 12.7 Å². The van der Waals surface area contributed by atoms with Crippen LogP contribution in [-0.2, 0) is 18.2 Å². The molecule has 0 aliphatic heterocycles. The Bertz CT molecular complexity index is 168. The molecule has 0 rings (SSSR count). The van der Waals surface area contributed by atoms with E-state index in [1.807, 2.05) is 0 Å². The van der Waals surface area contributed by atoms with Crippen LogP contribution in [0.1, 0.15) is 0 Å². The molecule has 0 aromatic rings. The molecule has 0 aliphatic rings.